The van der Waals surface area contributed by atoms with Crippen LogP contribution in [0, 0.1) is 6.54 Å². The average Bonchev–Trinajstić information content (AvgIpc) is 2.41. The van der Waals surface area contributed by atoms with E-state index in [1.807, 2.05) is 54.6 Å². The third-order valence-corrected chi connectivity index (χ3v) is 2.25. The lowest BCUT2D eigenvalue weighted by molar-refractivity contribution is 0.415. The quantitative estimate of drug-likeness (QED) is 0.724. The SMILES string of the molecule is COc1ccc(N=N[CH]c2ccccc2)cc1. The van der Waals surface area contributed by atoms with E-state index in [9.17, 15) is 0 Å². The Hall–Kier alpha value is -2.16. The summed E-state index contributed by atoms with van der Waals surface area (Å²) in [5, 5.41) is 8.12. The number of hydrogen-bond acceptors (Lipinski definition) is 3. The molecule has 0 aliphatic heterocycles. The van der Waals surface area contributed by atoms with Gasteiger partial charge in [-0.25, -0.2) is 0 Å². The highest BCUT2D eigenvalue weighted by molar-refractivity contribution is 5.40. The molecule has 2 aromatic rings. The Morgan fingerprint density at radius 2 is 1.65 bits per heavy atom. The van der Waals surface area contributed by atoms with Crippen LogP contribution in [0.4, 0.5) is 5.69 Å². The minimum atomic E-state index is 0.804. The molecule has 0 heterocycles. The van der Waals surface area contributed by atoms with E-state index in [1.165, 1.54) is 0 Å². The Bertz CT molecular complexity index is 477. The third kappa shape index (κ3) is 3.41. The van der Waals surface area contributed by atoms with E-state index in [0.29, 0.717) is 0 Å². The summed E-state index contributed by atoms with van der Waals surface area (Å²) < 4.78 is 5.06. The first-order valence-electron chi connectivity index (χ1n) is 5.31. The highest BCUT2D eigenvalue weighted by atomic mass is 16.5. The lowest BCUT2D eigenvalue weighted by Gasteiger charge is -1.98. The van der Waals surface area contributed by atoms with Crippen molar-refractivity contribution in [2.45, 2.75) is 0 Å². The Morgan fingerprint density at radius 3 is 2.29 bits per heavy atom. The summed E-state index contributed by atoms with van der Waals surface area (Å²) in [5.41, 5.74) is 1.84. The second kappa shape index (κ2) is 5.80. The zero-order valence-electron chi connectivity index (χ0n) is 9.58. The maximum absolute atomic E-state index is 5.06. The van der Waals surface area contributed by atoms with Gasteiger partial charge in [0.1, 0.15) is 12.3 Å². The Labute approximate surface area is 101 Å². The van der Waals surface area contributed by atoms with Gasteiger partial charge in [-0.2, -0.15) is 10.2 Å². The fourth-order valence-electron chi connectivity index (χ4n) is 1.35. The molecule has 85 valence electrons. The first kappa shape index (κ1) is 11.3. The number of hydrogen-bond donors (Lipinski definition) is 0. The number of ether oxygens (including phenoxy) is 1. The van der Waals surface area contributed by atoms with Crippen molar-refractivity contribution in [3.05, 3.63) is 66.7 Å². The molecule has 0 aliphatic rings. The number of nitrogens with zero attached hydrogens (tertiary/aromatic N) is 2. The third-order valence-electron chi connectivity index (χ3n) is 2.25. The maximum atomic E-state index is 5.06. The molecule has 0 bridgehead atoms. The van der Waals surface area contributed by atoms with Gasteiger partial charge >= 0.3 is 0 Å². The summed E-state index contributed by atoms with van der Waals surface area (Å²) >= 11 is 0. The predicted octanol–water partition coefficient (Wildman–Crippen LogP) is 3.99. The summed E-state index contributed by atoms with van der Waals surface area (Å²) in [7, 11) is 1.64. The molecule has 2 aromatic carbocycles. The number of azo groups is 1. The zero-order chi connectivity index (χ0) is 11.9. The van der Waals surface area contributed by atoms with E-state index < -0.39 is 0 Å². The fourth-order valence-corrected chi connectivity index (χ4v) is 1.35. The lowest BCUT2D eigenvalue weighted by atomic mass is 10.2. The fraction of sp³-hybridized carbons (Fsp3) is 0.0714. The molecule has 0 amide bonds. The van der Waals surface area contributed by atoms with Crippen LogP contribution in [0.25, 0.3) is 0 Å². The highest BCUT2D eigenvalue weighted by Crippen LogP contribution is 2.18. The molecule has 17 heavy (non-hydrogen) atoms. The molecule has 0 fully saturated rings. The van der Waals surface area contributed by atoms with Crippen LogP contribution in [0.2, 0.25) is 0 Å². The van der Waals surface area contributed by atoms with Gasteiger partial charge in [-0.3, -0.25) is 0 Å². The highest BCUT2D eigenvalue weighted by Gasteiger charge is 1.92. The smallest absolute Gasteiger partial charge is 0.124 e. The van der Waals surface area contributed by atoms with Gasteiger partial charge in [0, 0.05) is 0 Å². The van der Waals surface area contributed by atoms with Crippen LogP contribution >= 0.6 is 0 Å². The monoisotopic (exact) mass is 225 g/mol. The summed E-state index contributed by atoms with van der Waals surface area (Å²) in [6, 6.07) is 17.3. The van der Waals surface area contributed by atoms with Gasteiger partial charge in [0.15, 0.2) is 0 Å². The predicted molar refractivity (Wildman–Crippen MR) is 67.4 cm³/mol. The Balaban J connectivity index is 1.96. The second-order valence-electron chi connectivity index (χ2n) is 3.45. The van der Waals surface area contributed by atoms with Gasteiger partial charge in [-0.05, 0) is 29.8 Å². The second-order valence-corrected chi connectivity index (χ2v) is 3.45. The summed E-state index contributed by atoms with van der Waals surface area (Å²) in [6.45, 7) is 1.73. The molecule has 0 atom stereocenters. The minimum Gasteiger partial charge on any atom is -0.497 e. The van der Waals surface area contributed by atoms with Crippen molar-refractivity contribution in [2.24, 2.45) is 10.2 Å². The number of rotatable bonds is 4. The molecular formula is C14H13N2O. The summed E-state index contributed by atoms with van der Waals surface area (Å²) in [4.78, 5) is 0. The molecule has 0 saturated carbocycles. The van der Waals surface area contributed by atoms with E-state index in [0.717, 1.165) is 17.0 Å². The van der Waals surface area contributed by atoms with E-state index in [4.69, 9.17) is 4.74 Å². The number of benzene rings is 2. The minimum absolute atomic E-state index is 0.804. The van der Waals surface area contributed by atoms with E-state index in [2.05, 4.69) is 10.2 Å². The van der Waals surface area contributed by atoms with Crippen LogP contribution in [0.15, 0.2) is 64.8 Å². The largest absolute Gasteiger partial charge is 0.497 e. The number of methoxy groups -OCH3 is 1. The van der Waals surface area contributed by atoms with Crippen LogP contribution in [-0.2, 0) is 0 Å². The molecule has 0 unspecified atom stereocenters. The topological polar surface area (TPSA) is 34.0 Å². The normalized spacial score (nSPS) is 10.6. The molecule has 3 heteroatoms. The van der Waals surface area contributed by atoms with Crippen LogP contribution in [0.1, 0.15) is 5.56 Å². The Morgan fingerprint density at radius 1 is 0.941 bits per heavy atom. The zero-order valence-corrected chi connectivity index (χ0v) is 9.58. The van der Waals surface area contributed by atoms with Gasteiger partial charge in [-0.1, -0.05) is 30.3 Å². The van der Waals surface area contributed by atoms with Crippen LogP contribution in [0.3, 0.4) is 0 Å². The molecule has 3 nitrogen and oxygen atoms in total. The van der Waals surface area contributed by atoms with E-state index in [1.54, 1.807) is 13.7 Å². The molecule has 0 saturated heterocycles. The molecule has 0 aliphatic carbocycles. The average molecular weight is 225 g/mol. The first-order valence-corrected chi connectivity index (χ1v) is 5.31. The van der Waals surface area contributed by atoms with Crippen molar-refractivity contribution in [3.63, 3.8) is 0 Å². The van der Waals surface area contributed by atoms with Crippen LogP contribution in [-0.4, -0.2) is 7.11 Å². The van der Waals surface area contributed by atoms with Gasteiger partial charge < -0.3 is 4.74 Å². The standard InChI is InChI=1S/C14H13N2O/c1-17-14-9-7-13(8-10-14)16-15-11-12-5-3-2-4-6-12/h2-11H,1H3. The van der Waals surface area contributed by atoms with Crippen LogP contribution < -0.4 is 4.74 Å². The van der Waals surface area contributed by atoms with Gasteiger partial charge in [0.2, 0.25) is 0 Å². The maximum Gasteiger partial charge on any atom is 0.124 e. The van der Waals surface area contributed by atoms with Gasteiger partial charge in [0.05, 0.1) is 12.8 Å². The Kier molecular flexibility index (Phi) is 3.86. The van der Waals surface area contributed by atoms with Crippen molar-refractivity contribution in [1.29, 1.82) is 0 Å². The van der Waals surface area contributed by atoms with Crippen molar-refractivity contribution in [3.8, 4) is 5.75 Å². The van der Waals surface area contributed by atoms with Crippen molar-refractivity contribution < 1.29 is 4.74 Å². The first-order chi connectivity index (χ1) is 8.38. The van der Waals surface area contributed by atoms with Crippen molar-refractivity contribution in [1.82, 2.24) is 0 Å². The molecule has 0 aromatic heterocycles. The molecule has 0 N–H and O–H groups in total. The molecular weight excluding hydrogens is 212 g/mol. The summed E-state index contributed by atoms with van der Waals surface area (Å²) in [5.74, 6) is 0.816. The van der Waals surface area contributed by atoms with E-state index in [-0.39, 0.29) is 0 Å². The summed E-state index contributed by atoms with van der Waals surface area (Å²) in [6.07, 6.45) is 0. The van der Waals surface area contributed by atoms with Gasteiger partial charge in [-0.15, -0.1) is 0 Å². The van der Waals surface area contributed by atoms with Crippen LogP contribution in [0.5, 0.6) is 5.75 Å². The molecule has 2 rings (SSSR count). The van der Waals surface area contributed by atoms with Gasteiger partial charge in [0.25, 0.3) is 0 Å². The molecule has 1 radical (unpaired) electrons. The van der Waals surface area contributed by atoms with Crippen molar-refractivity contribution in [2.75, 3.05) is 7.11 Å². The molecule has 0 spiro atoms. The lowest BCUT2D eigenvalue weighted by Crippen LogP contribution is -1.79. The van der Waals surface area contributed by atoms with E-state index >= 15 is 0 Å². The van der Waals surface area contributed by atoms with Crippen molar-refractivity contribution >= 4 is 5.69 Å².